The Morgan fingerprint density at radius 2 is 1.85 bits per heavy atom. The van der Waals surface area contributed by atoms with Crippen LogP contribution in [0, 0.1) is 6.92 Å². The second-order valence-corrected chi connectivity index (χ2v) is 5.18. The van der Waals surface area contributed by atoms with Gasteiger partial charge in [0.05, 0.1) is 10.6 Å². The Labute approximate surface area is 123 Å². The van der Waals surface area contributed by atoms with Crippen molar-refractivity contribution in [2.45, 2.75) is 19.9 Å². The second kappa shape index (κ2) is 5.97. The molecule has 2 N–H and O–H groups in total. The topological polar surface area (TPSA) is 49.3 Å². The van der Waals surface area contributed by atoms with Gasteiger partial charge in [-0.2, -0.15) is 0 Å². The molecule has 4 heteroatoms. The van der Waals surface area contributed by atoms with E-state index in [1.54, 1.807) is 12.1 Å². The molecule has 20 heavy (non-hydrogen) atoms. The first-order chi connectivity index (χ1) is 9.47. The van der Waals surface area contributed by atoms with E-state index in [2.05, 4.69) is 29.6 Å². The Morgan fingerprint density at radius 1 is 1.20 bits per heavy atom. The van der Waals surface area contributed by atoms with Crippen LogP contribution in [0.4, 0.5) is 5.69 Å². The number of aromatic carboxylic acids is 1. The van der Waals surface area contributed by atoms with Crippen molar-refractivity contribution >= 4 is 23.3 Å². The maximum absolute atomic E-state index is 10.9. The number of rotatable bonds is 4. The molecule has 0 heterocycles. The van der Waals surface area contributed by atoms with Crippen LogP contribution >= 0.6 is 11.6 Å². The Morgan fingerprint density at radius 3 is 2.40 bits per heavy atom. The predicted molar refractivity (Wildman–Crippen MR) is 81.6 cm³/mol. The summed E-state index contributed by atoms with van der Waals surface area (Å²) in [7, 11) is 0. The molecule has 0 aliphatic heterocycles. The molecule has 0 aromatic heterocycles. The Bertz CT molecular complexity index is 623. The van der Waals surface area contributed by atoms with Gasteiger partial charge in [0.25, 0.3) is 0 Å². The molecule has 104 valence electrons. The van der Waals surface area contributed by atoms with E-state index in [9.17, 15) is 4.79 Å². The standard InChI is InChI=1S/C16H16ClNO2/c1-10-3-5-12(6-4-10)11(2)18-13-7-8-14(16(19)20)15(17)9-13/h3-9,11,18H,1-2H3,(H,19,20). The maximum Gasteiger partial charge on any atom is 0.337 e. The molecule has 2 aromatic carbocycles. The lowest BCUT2D eigenvalue weighted by Gasteiger charge is -2.16. The number of nitrogens with one attached hydrogen (secondary N) is 1. The lowest BCUT2D eigenvalue weighted by atomic mass is 10.1. The normalized spacial score (nSPS) is 11.9. The van der Waals surface area contributed by atoms with Crippen LogP contribution in [0.5, 0.6) is 0 Å². The molecule has 0 amide bonds. The summed E-state index contributed by atoms with van der Waals surface area (Å²) in [5.74, 6) is -1.02. The third kappa shape index (κ3) is 3.31. The first-order valence-corrected chi connectivity index (χ1v) is 6.71. The highest BCUT2D eigenvalue weighted by Gasteiger charge is 2.10. The van der Waals surface area contributed by atoms with Gasteiger partial charge in [-0.1, -0.05) is 41.4 Å². The van der Waals surface area contributed by atoms with Crippen LogP contribution in [-0.4, -0.2) is 11.1 Å². The van der Waals surface area contributed by atoms with Crippen LogP contribution in [0.25, 0.3) is 0 Å². The monoisotopic (exact) mass is 289 g/mol. The zero-order valence-corrected chi connectivity index (χ0v) is 12.1. The van der Waals surface area contributed by atoms with E-state index in [1.807, 2.05) is 13.8 Å². The number of carboxylic acids is 1. The van der Waals surface area contributed by atoms with Crippen molar-refractivity contribution in [3.63, 3.8) is 0 Å². The summed E-state index contributed by atoms with van der Waals surface area (Å²) in [6.07, 6.45) is 0. The number of carboxylic acid groups (broad SMARTS) is 1. The molecule has 0 spiro atoms. The summed E-state index contributed by atoms with van der Waals surface area (Å²) in [6, 6.07) is 13.2. The molecule has 3 nitrogen and oxygen atoms in total. The zero-order chi connectivity index (χ0) is 14.7. The van der Waals surface area contributed by atoms with Crippen LogP contribution in [0.15, 0.2) is 42.5 Å². The molecule has 0 saturated heterocycles. The largest absolute Gasteiger partial charge is 0.478 e. The van der Waals surface area contributed by atoms with E-state index in [0.717, 1.165) is 11.3 Å². The first-order valence-electron chi connectivity index (χ1n) is 6.33. The lowest BCUT2D eigenvalue weighted by molar-refractivity contribution is 0.0697. The van der Waals surface area contributed by atoms with Gasteiger partial charge in [0.1, 0.15) is 0 Å². The van der Waals surface area contributed by atoms with Gasteiger partial charge in [-0.05, 0) is 37.6 Å². The molecular formula is C16H16ClNO2. The van der Waals surface area contributed by atoms with Crippen LogP contribution in [0.1, 0.15) is 34.5 Å². The minimum Gasteiger partial charge on any atom is -0.478 e. The summed E-state index contributed by atoms with van der Waals surface area (Å²) < 4.78 is 0. The number of aryl methyl sites for hydroxylation is 1. The van der Waals surface area contributed by atoms with Gasteiger partial charge in [-0.25, -0.2) is 4.79 Å². The van der Waals surface area contributed by atoms with Gasteiger partial charge >= 0.3 is 5.97 Å². The number of benzene rings is 2. The van der Waals surface area contributed by atoms with E-state index in [4.69, 9.17) is 16.7 Å². The first kappa shape index (κ1) is 14.4. The Hall–Kier alpha value is -2.00. The van der Waals surface area contributed by atoms with Gasteiger partial charge in [-0.15, -0.1) is 0 Å². The molecule has 0 saturated carbocycles. The highest BCUT2D eigenvalue weighted by Crippen LogP contribution is 2.24. The zero-order valence-electron chi connectivity index (χ0n) is 11.4. The average Bonchev–Trinajstić information content (AvgIpc) is 2.39. The molecule has 1 atom stereocenters. The van der Waals surface area contributed by atoms with Gasteiger partial charge in [0, 0.05) is 11.7 Å². The summed E-state index contributed by atoms with van der Waals surface area (Å²) in [4.78, 5) is 10.9. The Balaban J connectivity index is 2.15. The molecule has 0 radical (unpaired) electrons. The van der Waals surface area contributed by atoms with E-state index >= 15 is 0 Å². The molecular weight excluding hydrogens is 274 g/mol. The van der Waals surface area contributed by atoms with Crippen molar-refractivity contribution in [2.75, 3.05) is 5.32 Å². The van der Waals surface area contributed by atoms with Crippen molar-refractivity contribution in [1.29, 1.82) is 0 Å². The van der Waals surface area contributed by atoms with Crippen LogP contribution < -0.4 is 5.32 Å². The third-order valence-corrected chi connectivity index (χ3v) is 3.47. The molecule has 0 aliphatic carbocycles. The minimum absolute atomic E-state index is 0.111. The van der Waals surface area contributed by atoms with Gasteiger partial charge in [0.2, 0.25) is 0 Å². The van der Waals surface area contributed by atoms with Crippen molar-refractivity contribution in [2.24, 2.45) is 0 Å². The summed E-state index contributed by atoms with van der Waals surface area (Å²) >= 11 is 5.95. The van der Waals surface area contributed by atoms with Crippen molar-refractivity contribution in [1.82, 2.24) is 0 Å². The quantitative estimate of drug-likeness (QED) is 0.870. The van der Waals surface area contributed by atoms with E-state index in [1.165, 1.54) is 11.6 Å². The molecule has 2 rings (SSSR count). The third-order valence-electron chi connectivity index (χ3n) is 3.16. The summed E-state index contributed by atoms with van der Waals surface area (Å²) in [6.45, 7) is 4.09. The fourth-order valence-corrected chi connectivity index (χ4v) is 2.23. The number of hydrogen-bond acceptors (Lipinski definition) is 2. The lowest BCUT2D eigenvalue weighted by Crippen LogP contribution is -2.07. The maximum atomic E-state index is 10.9. The van der Waals surface area contributed by atoms with E-state index in [0.29, 0.717) is 0 Å². The fraction of sp³-hybridized carbons (Fsp3) is 0.188. The molecule has 0 bridgehead atoms. The predicted octanol–water partition coefficient (Wildman–Crippen LogP) is 4.52. The van der Waals surface area contributed by atoms with Crippen LogP contribution in [-0.2, 0) is 0 Å². The van der Waals surface area contributed by atoms with Crippen molar-refractivity contribution < 1.29 is 9.90 Å². The minimum atomic E-state index is -1.02. The van der Waals surface area contributed by atoms with E-state index in [-0.39, 0.29) is 16.6 Å². The van der Waals surface area contributed by atoms with Crippen molar-refractivity contribution in [3.8, 4) is 0 Å². The highest BCUT2D eigenvalue weighted by molar-refractivity contribution is 6.33. The molecule has 0 aliphatic rings. The Kier molecular flexibility index (Phi) is 4.30. The molecule has 1 unspecified atom stereocenters. The van der Waals surface area contributed by atoms with Crippen LogP contribution in [0.2, 0.25) is 5.02 Å². The van der Waals surface area contributed by atoms with Gasteiger partial charge < -0.3 is 10.4 Å². The summed E-state index contributed by atoms with van der Waals surface area (Å²) in [5.41, 5.74) is 3.29. The fourth-order valence-electron chi connectivity index (χ4n) is 1.97. The van der Waals surface area contributed by atoms with Gasteiger partial charge in [-0.3, -0.25) is 0 Å². The van der Waals surface area contributed by atoms with E-state index < -0.39 is 5.97 Å². The average molecular weight is 290 g/mol. The smallest absolute Gasteiger partial charge is 0.337 e. The number of halogens is 1. The van der Waals surface area contributed by atoms with Crippen LogP contribution in [0.3, 0.4) is 0 Å². The second-order valence-electron chi connectivity index (χ2n) is 4.78. The molecule has 0 fully saturated rings. The van der Waals surface area contributed by atoms with Gasteiger partial charge in [0.15, 0.2) is 0 Å². The van der Waals surface area contributed by atoms with Crippen molar-refractivity contribution in [3.05, 3.63) is 64.2 Å². The number of carbonyl (C=O) groups is 1. The molecule has 2 aromatic rings. The summed E-state index contributed by atoms with van der Waals surface area (Å²) in [5, 5.41) is 12.5. The number of anilines is 1. The SMILES string of the molecule is Cc1ccc(C(C)Nc2ccc(C(=O)O)c(Cl)c2)cc1. The number of hydrogen-bond donors (Lipinski definition) is 2. The highest BCUT2D eigenvalue weighted by atomic mass is 35.5.